The van der Waals surface area contributed by atoms with Crippen LogP contribution in [-0.4, -0.2) is 149 Å². The van der Waals surface area contributed by atoms with E-state index in [1.165, 1.54) is 15.7 Å². The minimum atomic E-state index is -0.688. The van der Waals surface area contributed by atoms with E-state index in [2.05, 4.69) is 69.3 Å². The molecule has 69 heavy (non-hydrogen) atoms. The first kappa shape index (κ1) is 50.4. The molecule has 2 atom stereocenters. The molecule has 0 radical (unpaired) electrons. The highest BCUT2D eigenvalue weighted by Gasteiger charge is 2.31. The third-order valence-corrected chi connectivity index (χ3v) is 14.2. The highest BCUT2D eigenvalue weighted by atomic mass is 16.6. The standard InChI is InChI=1S/C52H73N9O8/c1-4-5-20-53-51-54-35-43-44(36-60(49(43)56-51)41-13-15-42(62)16-14-41)40-11-9-39(10-12-40)37(2)59-23-21-58(22-24-59)25-27-67-29-31-69-33-32-68-30-28-66-26-6-7-38-8-17-45-47(34-38)57(3)52(65)61(45)46-18-19-48(63)55-50(46)64/h8-12,17,34-37,41-42,46,62H,4-7,13-16,18-33H2,1-3H3,(H,53,54,56)(H,55,63,64)/t37?,41-,42-,46?. The molecule has 2 aliphatic heterocycles. The van der Waals surface area contributed by atoms with Crippen LogP contribution in [0.25, 0.3) is 33.2 Å². The Bertz CT molecular complexity index is 2510. The smallest absolute Gasteiger partial charge is 0.329 e. The van der Waals surface area contributed by atoms with E-state index in [0.29, 0.717) is 82.8 Å². The summed E-state index contributed by atoms with van der Waals surface area (Å²) in [6, 6.07) is 14.9. The fourth-order valence-electron chi connectivity index (χ4n) is 9.99. The van der Waals surface area contributed by atoms with Gasteiger partial charge in [0.15, 0.2) is 0 Å². The Morgan fingerprint density at radius 3 is 2.22 bits per heavy atom. The summed E-state index contributed by atoms with van der Waals surface area (Å²) in [6.07, 6.45) is 11.9. The van der Waals surface area contributed by atoms with E-state index in [4.69, 9.17) is 28.9 Å². The number of amides is 2. The molecule has 3 aromatic heterocycles. The van der Waals surface area contributed by atoms with Crippen LogP contribution in [0.15, 0.2) is 59.7 Å². The molecule has 3 N–H and O–H groups in total. The number of imidazole rings is 1. The normalized spacial score (nSPS) is 20.0. The van der Waals surface area contributed by atoms with E-state index in [9.17, 15) is 19.5 Å². The number of anilines is 1. The van der Waals surface area contributed by atoms with E-state index < -0.39 is 11.9 Å². The zero-order valence-electron chi connectivity index (χ0n) is 40.9. The SMILES string of the molecule is CCCCNc1ncc2c(-c3ccc(C(C)N4CCN(CCOCCOCCOCCOCCCc5ccc6c(c5)n(C)c(=O)n6C5CCC(=O)NC5=O)CC4)cc3)cn([C@H]3CC[C@H](O)CC3)c2n1. The molecule has 3 fully saturated rings. The van der Waals surface area contributed by atoms with Gasteiger partial charge in [-0.05, 0) is 87.1 Å². The van der Waals surface area contributed by atoms with Gasteiger partial charge in [-0.3, -0.25) is 33.8 Å². The number of piperazine rings is 1. The molecule has 2 saturated heterocycles. The van der Waals surface area contributed by atoms with Crippen molar-refractivity contribution in [3.05, 3.63) is 76.5 Å². The lowest BCUT2D eigenvalue weighted by molar-refractivity contribution is -0.135. The fraction of sp³-hybridized carbons (Fsp3) is 0.596. The molecule has 1 saturated carbocycles. The van der Waals surface area contributed by atoms with Gasteiger partial charge < -0.3 is 33.9 Å². The first-order chi connectivity index (χ1) is 33.7. The molecule has 8 rings (SSSR count). The Morgan fingerprint density at radius 1 is 0.826 bits per heavy atom. The molecule has 5 aromatic rings. The topological polar surface area (TPSA) is 179 Å². The number of aryl methyl sites for hydroxylation is 2. The molecular formula is C52H73N9O8. The van der Waals surface area contributed by atoms with E-state index in [0.717, 1.165) is 118 Å². The molecule has 2 amide bonds. The summed E-state index contributed by atoms with van der Waals surface area (Å²) in [5.41, 5.74) is 6.87. The number of carbonyl (C=O) groups excluding carboxylic acids is 2. The maximum atomic E-state index is 13.0. The van der Waals surface area contributed by atoms with Crippen molar-refractivity contribution < 1.29 is 33.6 Å². The van der Waals surface area contributed by atoms with Crippen molar-refractivity contribution in [2.24, 2.45) is 7.05 Å². The maximum Gasteiger partial charge on any atom is 0.329 e. The number of aliphatic hydroxyl groups excluding tert-OH is 1. The lowest BCUT2D eigenvalue weighted by atomic mass is 9.93. The third kappa shape index (κ3) is 12.9. The van der Waals surface area contributed by atoms with Gasteiger partial charge in [0.2, 0.25) is 17.8 Å². The van der Waals surface area contributed by atoms with Gasteiger partial charge in [0, 0.05) is 94.8 Å². The number of hydrogen-bond donors (Lipinski definition) is 3. The fourth-order valence-corrected chi connectivity index (χ4v) is 9.99. The van der Waals surface area contributed by atoms with Gasteiger partial charge in [-0.15, -0.1) is 0 Å². The zero-order chi connectivity index (χ0) is 48.1. The van der Waals surface area contributed by atoms with Crippen LogP contribution in [0.5, 0.6) is 0 Å². The van der Waals surface area contributed by atoms with Gasteiger partial charge in [0.25, 0.3) is 0 Å². The molecule has 17 heteroatoms. The monoisotopic (exact) mass is 952 g/mol. The third-order valence-electron chi connectivity index (χ3n) is 14.2. The molecular weight excluding hydrogens is 879 g/mol. The van der Waals surface area contributed by atoms with Gasteiger partial charge in [0.05, 0.1) is 63.4 Å². The number of benzene rings is 2. The number of hydrogen-bond acceptors (Lipinski definition) is 13. The van der Waals surface area contributed by atoms with Crippen LogP contribution in [0.1, 0.15) is 101 Å². The molecule has 2 aromatic carbocycles. The Kier molecular flexibility index (Phi) is 18.0. The van der Waals surface area contributed by atoms with E-state index >= 15 is 0 Å². The number of piperidine rings is 1. The zero-order valence-corrected chi connectivity index (χ0v) is 40.9. The predicted molar refractivity (Wildman–Crippen MR) is 266 cm³/mol. The average molecular weight is 952 g/mol. The van der Waals surface area contributed by atoms with Crippen LogP contribution in [0, 0.1) is 0 Å². The molecule has 17 nitrogen and oxygen atoms in total. The largest absolute Gasteiger partial charge is 0.393 e. The quantitative estimate of drug-likeness (QED) is 0.0473. The Morgan fingerprint density at radius 2 is 1.52 bits per heavy atom. The lowest BCUT2D eigenvalue weighted by Crippen LogP contribution is -2.47. The van der Waals surface area contributed by atoms with Crippen molar-refractivity contribution in [1.29, 1.82) is 0 Å². The summed E-state index contributed by atoms with van der Waals surface area (Å²) in [5, 5.41) is 17.0. The van der Waals surface area contributed by atoms with Crippen LogP contribution in [0.4, 0.5) is 5.95 Å². The lowest BCUT2D eigenvalue weighted by Gasteiger charge is -2.38. The number of fused-ring (bicyclic) bond motifs is 2. The second-order valence-electron chi connectivity index (χ2n) is 18.9. The van der Waals surface area contributed by atoms with E-state index in [-0.39, 0.29) is 24.1 Å². The first-order valence-corrected chi connectivity index (χ1v) is 25.4. The van der Waals surface area contributed by atoms with Gasteiger partial charge >= 0.3 is 5.69 Å². The molecule has 374 valence electrons. The molecule has 0 bridgehead atoms. The molecule has 1 aliphatic carbocycles. The van der Waals surface area contributed by atoms with Crippen molar-refractivity contribution in [2.75, 3.05) is 97.4 Å². The summed E-state index contributed by atoms with van der Waals surface area (Å²) in [7, 11) is 1.71. The summed E-state index contributed by atoms with van der Waals surface area (Å²) in [4.78, 5) is 51.9. The Balaban J connectivity index is 0.663. The number of imide groups is 1. The molecule has 2 unspecified atom stereocenters. The second kappa shape index (κ2) is 24.7. The number of rotatable bonds is 25. The van der Waals surface area contributed by atoms with Gasteiger partial charge in [-0.1, -0.05) is 43.7 Å². The van der Waals surface area contributed by atoms with Crippen molar-refractivity contribution in [3.63, 3.8) is 0 Å². The van der Waals surface area contributed by atoms with Crippen molar-refractivity contribution in [2.45, 2.75) is 102 Å². The summed E-state index contributed by atoms with van der Waals surface area (Å²) in [5.74, 6) is -0.0574. The summed E-state index contributed by atoms with van der Waals surface area (Å²) >= 11 is 0. The van der Waals surface area contributed by atoms with Crippen LogP contribution in [-0.2, 0) is 42.0 Å². The minimum absolute atomic E-state index is 0.203. The number of ether oxygens (including phenoxy) is 4. The first-order valence-electron chi connectivity index (χ1n) is 25.4. The number of unbranched alkanes of at least 4 members (excludes halogenated alkanes) is 1. The molecule has 3 aliphatic rings. The van der Waals surface area contributed by atoms with Crippen LogP contribution in [0.3, 0.4) is 0 Å². The maximum absolute atomic E-state index is 13.0. The van der Waals surface area contributed by atoms with Crippen molar-refractivity contribution >= 4 is 39.8 Å². The minimum Gasteiger partial charge on any atom is -0.393 e. The number of aliphatic hydroxyl groups is 1. The predicted octanol–water partition coefficient (Wildman–Crippen LogP) is 5.80. The van der Waals surface area contributed by atoms with E-state index in [1.54, 1.807) is 11.6 Å². The van der Waals surface area contributed by atoms with Crippen LogP contribution in [0.2, 0.25) is 0 Å². The highest BCUT2D eigenvalue weighted by molar-refractivity contribution is 6.00. The number of nitrogens with one attached hydrogen (secondary N) is 2. The van der Waals surface area contributed by atoms with Crippen LogP contribution < -0.4 is 16.3 Å². The summed E-state index contributed by atoms with van der Waals surface area (Å²) in [6.45, 7) is 14.7. The molecule has 0 spiro atoms. The van der Waals surface area contributed by atoms with Crippen LogP contribution >= 0.6 is 0 Å². The van der Waals surface area contributed by atoms with Crippen molar-refractivity contribution in [3.8, 4) is 11.1 Å². The van der Waals surface area contributed by atoms with Gasteiger partial charge in [-0.2, -0.15) is 4.98 Å². The van der Waals surface area contributed by atoms with Gasteiger partial charge in [0.1, 0.15) is 11.7 Å². The average Bonchev–Trinajstić information content (AvgIpc) is 3.86. The number of carbonyl (C=O) groups is 2. The Hall–Kier alpha value is -5.01. The highest BCUT2D eigenvalue weighted by Crippen LogP contribution is 2.37. The van der Waals surface area contributed by atoms with E-state index in [1.807, 2.05) is 24.4 Å². The van der Waals surface area contributed by atoms with Gasteiger partial charge in [-0.25, -0.2) is 9.78 Å². The number of nitrogens with zero attached hydrogens (tertiary/aromatic N) is 7. The van der Waals surface area contributed by atoms with Crippen molar-refractivity contribution in [1.82, 2.24) is 38.8 Å². The second-order valence-corrected chi connectivity index (χ2v) is 18.9. The summed E-state index contributed by atoms with van der Waals surface area (Å²) < 4.78 is 28.5. The Labute approximate surface area is 405 Å². The number of aromatic nitrogens is 5. The molecule has 5 heterocycles.